The first kappa shape index (κ1) is 10.8. The van der Waals surface area contributed by atoms with E-state index in [1.165, 1.54) is 25.7 Å². The summed E-state index contributed by atoms with van der Waals surface area (Å²) in [4.78, 5) is 0. The van der Waals surface area contributed by atoms with E-state index in [9.17, 15) is 0 Å². The lowest BCUT2D eigenvalue weighted by atomic mass is 9.69. The first-order chi connectivity index (χ1) is 6.15. The summed E-state index contributed by atoms with van der Waals surface area (Å²) in [6.07, 6.45) is 7.65. The second-order valence-electron chi connectivity index (χ2n) is 5.11. The molecule has 1 fully saturated rings. The van der Waals surface area contributed by atoms with Crippen molar-refractivity contribution in [1.29, 1.82) is 0 Å². The normalized spacial score (nSPS) is 34.9. The molecule has 0 nitrogen and oxygen atoms in total. The third kappa shape index (κ3) is 2.86. The minimum absolute atomic E-state index is 0.859. The topological polar surface area (TPSA) is 0 Å². The molecule has 0 bridgehead atoms. The predicted molar refractivity (Wildman–Crippen MR) is 59.6 cm³/mol. The van der Waals surface area contributed by atoms with Gasteiger partial charge in [0.1, 0.15) is 0 Å². The van der Waals surface area contributed by atoms with Crippen LogP contribution in [-0.2, 0) is 0 Å². The van der Waals surface area contributed by atoms with E-state index >= 15 is 0 Å². The van der Waals surface area contributed by atoms with E-state index < -0.39 is 0 Å². The molecule has 0 saturated heterocycles. The highest BCUT2D eigenvalue weighted by molar-refractivity contribution is 4.84. The van der Waals surface area contributed by atoms with Crippen LogP contribution in [0.4, 0.5) is 0 Å². The van der Waals surface area contributed by atoms with Crippen LogP contribution in [0.1, 0.15) is 46.5 Å². The van der Waals surface area contributed by atoms with Gasteiger partial charge in [-0.1, -0.05) is 33.3 Å². The average Bonchev–Trinajstić information content (AvgIpc) is 2.04. The Bertz CT molecular complexity index is 157. The molecule has 0 spiro atoms. The molecule has 1 saturated carbocycles. The van der Waals surface area contributed by atoms with E-state index in [4.69, 9.17) is 0 Å². The molecule has 0 aliphatic heterocycles. The number of rotatable bonds is 3. The summed E-state index contributed by atoms with van der Waals surface area (Å²) in [5.74, 6) is 3.67. The fraction of sp³-hybridized carbons (Fsp3) is 0.846. The second-order valence-corrected chi connectivity index (χ2v) is 5.11. The quantitative estimate of drug-likeness (QED) is 0.569. The molecule has 0 heterocycles. The van der Waals surface area contributed by atoms with Gasteiger partial charge in [0.2, 0.25) is 0 Å². The van der Waals surface area contributed by atoms with Crippen LogP contribution in [0.5, 0.6) is 0 Å². The fourth-order valence-corrected chi connectivity index (χ4v) is 2.88. The van der Waals surface area contributed by atoms with Gasteiger partial charge in [0.15, 0.2) is 0 Å². The average molecular weight is 180 g/mol. The summed E-state index contributed by atoms with van der Waals surface area (Å²) < 4.78 is 0. The monoisotopic (exact) mass is 180 g/mol. The zero-order valence-corrected chi connectivity index (χ0v) is 9.42. The third-order valence-electron chi connectivity index (χ3n) is 3.63. The van der Waals surface area contributed by atoms with E-state index in [0.29, 0.717) is 0 Å². The molecule has 0 aromatic rings. The molecule has 76 valence electrons. The zero-order valence-electron chi connectivity index (χ0n) is 9.42. The first-order valence-electron chi connectivity index (χ1n) is 5.76. The van der Waals surface area contributed by atoms with Crippen molar-refractivity contribution in [3.63, 3.8) is 0 Å². The van der Waals surface area contributed by atoms with Gasteiger partial charge in [-0.25, -0.2) is 0 Å². The van der Waals surface area contributed by atoms with Gasteiger partial charge in [-0.2, -0.15) is 0 Å². The molecule has 0 aromatic heterocycles. The Morgan fingerprint density at radius 3 is 2.62 bits per heavy atom. The van der Waals surface area contributed by atoms with E-state index in [1.807, 2.05) is 0 Å². The fourth-order valence-electron chi connectivity index (χ4n) is 2.88. The Hall–Kier alpha value is -0.260. The zero-order chi connectivity index (χ0) is 9.84. The van der Waals surface area contributed by atoms with Gasteiger partial charge >= 0.3 is 0 Å². The van der Waals surface area contributed by atoms with Crippen molar-refractivity contribution < 1.29 is 0 Å². The molecule has 1 aliphatic rings. The third-order valence-corrected chi connectivity index (χ3v) is 3.63. The molecule has 1 aliphatic carbocycles. The largest absolute Gasteiger partial charge is 0.103 e. The molecule has 0 N–H and O–H groups in total. The maximum absolute atomic E-state index is 3.87. The van der Waals surface area contributed by atoms with Crippen molar-refractivity contribution in [2.45, 2.75) is 46.5 Å². The first-order valence-corrected chi connectivity index (χ1v) is 5.76. The van der Waals surface area contributed by atoms with Crippen LogP contribution in [0.15, 0.2) is 12.7 Å². The Kier molecular flexibility index (Phi) is 4.02. The lowest BCUT2D eigenvalue weighted by molar-refractivity contribution is 0.146. The summed E-state index contributed by atoms with van der Waals surface area (Å²) in [6.45, 7) is 11.0. The molecular formula is C13H24. The smallest absolute Gasteiger partial charge is 0.0322 e. The van der Waals surface area contributed by atoms with Crippen molar-refractivity contribution in [3.05, 3.63) is 12.7 Å². The minimum Gasteiger partial charge on any atom is -0.103 e. The molecule has 3 unspecified atom stereocenters. The molecule has 13 heavy (non-hydrogen) atoms. The Labute approximate surface area is 83.4 Å². The number of allylic oxidation sites excluding steroid dienone is 1. The lowest BCUT2D eigenvalue weighted by Gasteiger charge is -2.37. The Morgan fingerprint density at radius 1 is 1.38 bits per heavy atom. The van der Waals surface area contributed by atoms with Gasteiger partial charge in [-0.05, 0) is 42.9 Å². The molecule has 0 heteroatoms. The van der Waals surface area contributed by atoms with Crippen molar-refractivity contribution in [2.24, 2.45) is 23.7 Å². The molecule has 1 rings (SSSR count). The summed E-state index contributed by atoms with van der Waals surface area (Å²) in [5, 5.41) is 0. The van der Waals surface area contributed by atoms with Crippen molar-refractivity contribution in [2.75, 3.05) is 0 Å². The number of hydrogen-bond acceptors (Lipinski definition) is 0. The summed E-state index contributed by atoms with van der Waals surface area (Å²) in [6, 6.07) is 0. The second kappa shape index (κ2) is 4.83. The highest BCUT2D eigenvalue weighted by atomic mass is 14.3. The van der Waals surface area contributed by atoms with Gasteiger partial charge < -0.3 is 0 Å². The van der Waals surface area contributed by atoms with Crippen LogP contribution in [0.25, 0.3) is 0 Å². The van der Waals surface area contributed by atoms with Gasteiger partial charge in [-0.15, -0.1) is 6.58 Å². The Morgan fingerprint density at radius 2 is 2.08 bits per heavy atom. The summed E-state index contributed by atoms with van der Waals surface area (Å²) >= 11 is 0. The highest BCUT2D eigenvalue weighted by Gasteiger charge is 2.29. The lowest BCUT2D eigenvalue weighted by Crippen LogP contribution is -2.27. The van der Waals surface area contributed by atoms with E-state index in [1.54, 1.807) is 0 Å². The minimum atomic E-state index is 0.859. The van der Waals surface area contributed by atoms with Crippen LogP contribution in [0.3, 0.4) is 0 Å². The van der Waals surface area contributed by atoms with Crippen molar-refractivity contribution in [1.82, 2.24) is 0 Å². The molecular weight excluding hydrogens is 156 g/mol. The van der Waals surface area contributed by atoms with Crippen molar-refractivity contribution >= 4 is 0 Å². The maximum Gasteiger partial charge on any atom is -0.0322 e. The van der Waals surface area contributed by atoms with E-state index in [0.717, 1.165) is 23.7 Å². The van der Waals surface area contributed by atoms with Crippen LogP contribution < -0.4 is 0 Å². The van der Waals surface area contributed by atoms with Crippen LogP contribution in [0.2, 0.25) is 0 Å². The van der Waals surface area contributed by atoms with Gasteiger partial charge in [0.05, 0.1) is 0 Å². The predicted octanol–water partition coefficient (Wildman–Crippen LogP) is 4.27. The van der Waals surface area contributed by atoms with Crippen LogP contribution in [-0.4, -0.2) is 0 Å². The molecule has 0 amide bonds. The van der Waals surface area contributed by atoms with Crippen LogP contribution >= 0.6 is 0 Å². The Balaban J connectivity index is 2.54. The molecule has 0 aromatic carbocycles. The standard InChI is InChI=1S/C13H24/c1-5-6-12-9-11(4)7-8-13(12)10(2)3/h5,10-13H,1,6-9H2,2-4H3. The van der Waals surface area contributed by atoms with E-state index in [2.05, 4.69) is 33.4 Å². The maximum atomic E-state index is 3.87. The summed E-state index contributed by atoms with van der Waals surface area (Å²) in [5.41, 5.74) is 0. The molecule has 0 radical (unpaired) electrons. The summed E-state index contributed by atoms with van der Waals surface area (Å²) in [7, 11) is 0. The SMILES string of the molecule is C=CCC1CC(C)CCC1C(C)C. The van der Waals surface area contributed by atoms with Gasteiger partial charge in [0.25, 0.3) is 0 Å². The molecule has 3 atom stereocenters. The van der Waals surface area contributed by atoms with Gasteiger partial charge in [0, 0.05) is 0 Å². The number of hydrogen-bond donors (Lipinski definition) is 0. The van der Waals surface area contributed by atoms with Gasteiger partial charge in [-0.3, -0.25) is 0 Å². The van der Waals surface area contributed by atoms with Crippen molar-refractivity contribution in [3.8, 4) is 0 Å². The van der Waals surface area contributed by atoms with E-state index in [-0.39, 0.29) is 0 Å². The highest BCUT2D eigenvalue weighted by Crippen LogP contribution is 2.39. The van der Waals surface area contributed by atoms with Crippen LogP contribution in [0, 0.1) is 23.7 Å².